The fraction of sp³-hybridized carbons (Fsp3) is 0.438. The predicted molar refractivity (Wildman–Crippen MR) is 99.0 cm³/mol. The molecule has 0 radical (unpaired) electrons. The third-order valence-corrected chi connectivity index (χ3v) is 8.10. The Balaban J connectivity index is 1.69. The van der Waals surface area contributed by atoms with Crippen LogP contribution in [-0.2, 0) is 20.8 Å². The van der Waals surface area contributed by atoms with Crippen molar-refractivity contribution < 1.29 is 19.5 Å². The van der Waals surface area contributed by atoms with Crippen LogP contribution in [0.5, 0.6) is 0 Å². The minimum atomic E-state index is -0.994. The number of nitrogens with zero attached hydrogens (tertiary/aromatic N) is 1. The number of benzene rings is 1. The van der Waals surface area contributed by atoms with Crippen LogP contribution in [0.25, 0.3) is 0 Å². The largest absolute Gasteiger partial charge is 0.480 e. The number of β-lactam (4-membered cyclic amide) rings is 1. The topological polar surface area (TPSA) is 86.7 Å². The Morgan fingerprint density at radius 1 is 1.38 bits per heavy atom. The second-order valence-electron chi connectivity index (χ2n) is 6.15. The molecular formula is C16H17IN2O4S. The maximum Gasteiger partial charge on any atom is 0.327 e. The van der Waals surface area contributed by atoms with Crippen LogP contribution in [0.2, 0.25) is 0 Å². The van der Waals surface area contributed by atoms with Gasteiger partial charge in [-0.05, 0) is 12.5 Å². The molecule has 0 aromatic heterocycles. The number of alkyl halides is 1. The van der Waals surface area contributed by atoms with Crippen LogP contribution in [0.3, 0.4) is 0 Å². The quantitative estimate of drug-likeness (QED) is 0.393. The first-order valence-electron chi connectivity index (χ1n) is 7.49. The highest BCUT2D eigenvalue weighted by atomic mass is 127. The predicted octanol–water partition coefficient (Wildman–Crippen LogP) is 1.28. The molecule has 4 atom stereocenters. The summed E-state index contributed by atoms with van der Waals surface area (Å²) < 4.78 is 0.0585. The molecule has 1 aromatic carbocycles. The standard InChI is InChI=1S/C16H17IN2O4S/c1-16(8-17)12(15(22)23)19-13(21)11(14(19)24-16)18-10(20)7-9-5-3-2-4-6-9/h2-6,11-12,14H,7-8H2,1H3,(H,18,20)(H,22,23). The summed E-state index contributed by atoms with van der Waals surface area (Å²) in [5.74, 6) is -1.53. The highest BCUT2D eigenvalue weighted by Gasteiger charge is 2.65. The van der Waals surface area contributed by atoms with Gasteiger partial charge in [0, 0.05) is 4.43 Å². The van der Waals surface area contributed by atoms with Gasteiger partial charge >= 0.3 is 5.97 Å². The van der Waals surface area contributed by atoms with Gasteiger partial charge in [-0.25, -0.2) is 4.79 Å². The molecule has 0 aliphatic carbocycles. The molecule has 2 amide bonds. The first-order chi connectivity index (χ1) is 11.4. The van der Waals surface area contributed by atoms with Crippen molar-refractivity contribution in [2.75, 3.05) is 4.43 Å². The third-order valence-electron chi connectivity index (χ3n) is 4.35. The van der Waals surface area contributed by atoms with Crippen LogP contribution in [0.4, 0.5) is 0 Å². The fourth-order valence-electron chi connectivity index (χ4n) is 3.14. The Bertz CT molecular complexity index is 686. The summed E-state index contributed by atoms with van der Waals surface area (Å²) in [7, 11) is 0. The molecule has 0 bridgehead atoms. The van der Waals surface area contributed by atoms with Crippen molar-refractivity contribution in [3.8, 4) is 0 Å². The van der Waals surface area contributed by atoms with Crippen LogP contribution in [0, 0.1) is 0 Å². The summed E-state index contributed by atoms with van der Waals surface area (Å²) in [5, 5.41) is 11.9. The summed E-state index contributed by atoms with van der Waals surface area (Å²) >= 11 is 3.61. The summed E-state index contributed by atoms with van der Waals surface area (Å²) in [6, 6.07) is 7.81. The molecule has 2 fully saturated rings. The van der Waals surface area contributed by atoms with Gasteiger partial charge in [-0.1, -0.05) is 52.9 Å². The molecule has 0 saturated carbocycles. The van der Waals surface area contributed by atoms with Crippen molar-refractivity contribution in [3.05, 3.63) is 35.9 Å². The summed E-state index contributed by atoms with van der Waals surface area (Å²) in [6.07, 6.45) is 0.202. The second kappa shape index (κ2) is 6.55. The van der Waals surface area contributed by atoms with Gasteiger partial charge in [0.2, 0.25) is 11.8 Å². The first kappa shape index (κ1) is 17.5. The number of carboxylic acid groups (broad SMARTS) is 1. The number of carbonyl (C=O) groups is 3. The summed E-state index contributed by atoms with van der Waals surface area (Å²) in [6.45, 7) is 1.86. The van der Waals surface area contributed by atoms with E-state index in [1.54, 1.807) is 0 Å². The molecule has 2 aliphatic rings. The van der Waals surface area contributed by atoms with Gasteiger partial charge in [0.1, 0.15) is 17.5 Å². The molecule has 1 aromatic rings. The third kappa shape index (κ3) is 2.90. The van der Waals surface area contributed by atoms with Gasteiger partial charge in [0.25, 0.3) is 0 Å². The number of halogens is 1. The Kier molecular flexibility index (Phi) is 4.78. The van der Waals surface area contributed by atoms with Crippen molar-refractivity contribution in [1.29, 1.82) is 0 Å². The first-order valence-corrected chi connectivity index (χ1v) is 9.90. The van der Waals surface area contributed by atoms with E-state index in [2.05, 4.69) is 27.9 Å². The van der Waals surface area contributed by atoms with E-state index in [0.717, 1.165) is 5.56 Å². The van der Waals surface area contributed by atoms with Gasteiger partial charge in [0.05, 0.1) is 11.2 Å². The number of nitrogens with one attached hydrogen (secondary N) is 1. The highest BCUT2D eigenvalue weighted by Crippen LogP contribution is 2.51. The van der Waals surface area contributed by atoms with E-state index in [1.165, 1.54) is 16.7 Å². The molecule has 4 unspecified atom stereocenters. The number of carboxylic acids is 1. The van der Waals surface area contributed by atoms with Gasteiger partial charge in [-0.2, -0.15) is 0 Å². The molecule has 2 aliphatic heterocycles. The minimum Gasteiger partial charge on any atom is -0.480 e. The summed E-state index contributed by atoms with van der Waals surface area (Å²) in [4.78, 5) is 37.6. The van der Waals surface area contributed by atoms with E-state index in [0.29, 0.717) is 4.43 Å². The van der Waals surface area contributed by atoms with E-state index in [1.807, 2.05) is 37.3 Å². The van der Waals surface area contributed by atoms with Crippen LogP contribution < -0.4 is 5.32 Å². The van der Waals surface area contributed by atoms with Crippen molar-refractivity contribution in [2.45, 2.75) is 35.5 Å². The second-order valence-corrected chi connectivity index (χ2v) is 8.56. The van der Waals surface area contributed by atoms with E-state index in [-0.39, 0.29) is 23.6 Å². The molecular weight excluding hydrogens is 443 g/mol. The van der Waals surface area contributed by atoms with E-state index >= 15 is 0 Å². The fourth-order valence-corrected chi connectivity index (χ4v) is 5.72. The number of rotatable bonds is 5. The average molecular weight is 460 g/mol. The number of carbonyl (C=O) groups excluding carboxylic acids is 2. The van der Waals surface area contributed by atoms with E-state index < -0.39 is 22.8 Å². The molecule has 6 nitrogen and oxygen atoms in total. The SMILES string of the molecule is CC1(CI)SC2C(NC(=O)Cc3ccccc3)C(=O)N2C1C(=O)O. The van der Waals surface area contributed by atoms with Crippen LogP contribution in [-0.4, -0.2) is 54.4 Å². The monoisotopic (exact) mass is 460 g/mol. The Labute approximate surface area is 157 Å². The lowest BCUT2D eigenvalue weighted by atomic mass is 9.96. The lowest BCUT2D eigenvalue weighted by Crippen LogP contribution is -2.70. The number of hydrogen-bond acceptors (Lipinski definition) is 4. The molecule has 0 spiro atoms. The molecule has 2 heterocycles. The maximum absolute atomic E-state index is 12.4. The van der Waals surface area contributed by atoms with E-state index in [4.69, 9.17) is 0 Å². The molecule has 2 N–H and O–H groups in total. The number of aliphatic carboxylic acids is 1. The number of fused-ring (bicyclic) bond motifs is 1. The molecule has 24 heavy (non-hydrogen) atoms. The average Bonchev–Trinajstić information content (AvgIpc) is 2.84. The highest BCUT2D eigenvalue weighted by molar-refractivity contribution is 14.1. The van der Waals surface area contributed by atoms with Gasteiger partial charge in [-0.15, -0.1) is 11.8 Å². The lowest BCUT2D eigenvalue weighted by molar-refractivity contribution is -0.161. The van der Waals surface area contributed by atoms with Crippen LogP contribution in [0.15, 0.2) is 30.3 Å². The van der Waals surface area contributed by atoms with Crippen LogP contribution >= 0.6 is 34.4 Å². The normalized spacial score (nSPS) is 31.3. The molecule has 128 valence electrons. The Hall–Kier alpha value is -1.29. The Morgan fingerprint density at radius 3 is 2.62 bits per heavy atom. The molecule has 2 saturated heterocycles. The van der Waals surface area contributed by atoms with Crippen molar-refractivity contribution in [1.82, 2.24) is 10.2 Å². The minimum absolute atomic E-state index is 0.202. The van der Waals surface area contributed by atoms with Crippen LogP contribution in [0.1, 0.15) is 12.5 Å². The zero-order valence-electron chi connectivity index (χ0n) is 12.9. The van der Waals surface area contributed by atoms with Crippen molar-refractivity contribution in [2.24, 2.45) is 0 Å². The van der Waals surface area contributed by atoms with Crippen molar-refractivity contribution in [3.63, 3.8) is 0 Å². The van der Waals surface area contributed by atoms with Gasteiger partial charge in [-0.3, -0.25) is 9.59 Å². The number of hydrogen-bond donors (Lipinski definition) is 2. The summed E-state index contributed by atoms with van der Waals surface area (Å²) in [5.41, 5.74) is 0.873. The van der Waals surface area contributed by atoms with E-state index in [9.17, 15) is 19.5 Å². The Morgan fingerprint density at radius 2 is 2.04 bits per heavy atom. The lowest BCUT2D eigenvalue weighted by Gasteiger charge is -2.43. The smallest absolute Gasteiger partial charge is 0.327 e. The zero-order valence-corrected chi connectivity index (χ0v) is 15.9. The molecule has 8 heteroatoms. The maximum atomic E-state index is 12.4. The van der Waals surface area contributed by atoms with Gasteiger partial charge < -0.3 is 15.3 Å². The number of amides is 2. The molecule has 3 rings (SSSR count). The zero-order chi connectivity index (χ0) is 17.5. The van der Waals surface area contributed by atoms with Gasteiger partial charge in [0.15, 0.2) is 0 Å². The van der Waals surface area contributed by atoms with Crippen molar-refractivity contribution >= 4 is 52.1 Å². The number of thioether (sulfide) groups is 1.